The summed E-state index contributed by atoms with van der Waals surface area (Å²) in [5, 5.41) is 0. The molecule has 0 aromatic heterocycles. The second-order valence-corrected chi connectivity index (χ2v) is 6.71. The first kappa shape index (κ1) is 18.9. The summed E-state index contributed by atoms with van der Waals surface area (Å²) in [6, 6.07) is 0. The summed E-state index contributed by atoms with van der Waals surface area (Å²) in [4.78, 5) is 0. The Bertz CT molecular complexity index is 187. The summed E-state index contributed by atoms with van der Waals surface area (Å²) in [6.45, 7) is 14.7. The van der Waals surface area contributed by atoms with E-state index < -0.39 is 0 Å². The van der Waals surface area contributed by atoms with Crippen LogP contribution in [-0.4, -0.2) is 19.0 Å². The largest absolute Gasteiger partial charge is 0.350 e. The summed E-state index contributed by atoms with van der Waals surface area (Å²) in [5.41, 5.74) is 0. The van der Waals surface area contributed by atoms with Crippen molar-refractivity contribution in [2.24, 2.45) is 11.8 Å². The lowest BCUT2D eigenvalue weighted by Crippen LogP contribution is -2.35. The number of hydrogen-bond donors (Lipinski definition) is 0. The van der Waals surface area contributed by atoms with Crippen molar-refractivity contribution in [1.29, 1.82) is 0 Å². The van der Waals surface area contributed by atoms with Gasteiger partial charge in [0.2, 0.25) is 0 Å². The van der Waals surface area contributed by atoms with Gasteiger partial charge in [0.25, 0.3) is 0 Å². The minimum atomic E-state index is -0.388. The molecule has 0 radical (unpaired) electrons. The van der Waals surface area contributed by atoms with Crippen LogP contribution in [-0.2, 0) is 9.47 Å². The Balaban J connectivity index is 4.07. The van der Waals surface area contributed by atoms with Crippen molar-refractivity contribution in [3.8, 4) is 0 Å². The van der Waals surface area contributed by atoms with Gasteiger partial charge in [0.1, 0.15) is 0 Å². The Labute approximate surface area is 121 Å². The molecule has 0 aliphatic heterocycles. The van der Waals surface area contributed by atoms with Gasteiger partial charge in [0.05, 0.1) is 13.2 Å². The molecule has 0 saturated carbocycles. The maximum atomic E-state index is 6.03. The van der Waals surface area contributed by atoms with Gasteiger partial charge in [-0.05, 0) is 25.2 Å². The number of ether oxygens (including phenoxy) is 2. The molecule has 0 aromatic carbocycles. The zero-order valence-electron chi connectivity index (χ0n) is 14.1. The molecule has 19 heavy (non-hydrogen) atoms. The molecular weight excluding hydrogens is 236 g/mol. The lowest BCUT2D eigenvalue weighted by molar-refractivity contribution is -0.238. The predicted molar refractivity (Wildman–Crippen MR) is 83.4 cm³/mol. The van der Waals surface area contributed by atoms with Gasteiger partial charge in [0, 0.05) is 6.42 Å². The van der Waals surface area contributed by atoms with E-state index in [1.165, 1.54) is 32.1 Å². The molecule has 0 spiro atoms. The molecule has 0 saturated heterocycles. The van der Waals surface area contributed by atoms with Crippen molar-refractivity contribution in [2.45, 2.75) is 85.9 Å². The van der Waals surface area contributed by atoms with Crippen LogP contribution in [0.2, 0.25) is 0 Å². The van der Waals surface area contributed by atoms with Crippen molar-refractivity contribution in [1.82, 2.24) is 0 Å². The highest BCUT2D eigenvalue weighted by molar-refractivity contribution is 4.65. The first-order valence-electron chi connectivity index (χ1n) is 8.17. The fourth-order valence-electron chi connectivity index (χ4n) is 1.92. The molecule has 2 heteroatoms. The number of rotatable bonds is 12. The lowest BCUT2D eigenvalue weighted by atomic mass is 10.1. The number of unbranched alkanes of at least 4 members (excludes halogenated alkanes) is 4. The third kappa shape index (κ3) is 11.4. The standard InChI is InChI=1S/C17H36O2/c1-7-8-9-10-11-12-17(6,18-13-15(2)3)19-14-16(4)5/h15-16H,7-14H2,1-6H3. The van der Waals surface area contributed by atoms with Crippen LogP contribution in [0, 0.1) is 11.8 Å². The van der Waals surface area contributed by atoms with Gasteiger partial charge in [-0.15, -0.1) is 0 Å². The van der Waals surface area contributed by atoms with E-state index >= 15 is 0 Å². The molecule has 0 aliphatic rings. The van der Waals surface area contributed by atoms with E-state index in [-0.39, 0.29) is 5.79 Å². The van der Waals surface area contributed by atoms with E-state index in [2.05, 4.69) is 41.5 Å². The van der Waals surface area contributed by atoms with Crippen molar-refractivity contribution in [3.05, 3.63) is 0 Å². The quantitative estimate of drug-likeness (QED) is 0.349. The highest BCUT2D eigenvalue weighted by Gasteiger charge is 2.26. The van der Waals surface area contributed by atoms with Crippen LogP contribution >= 0.6 is 0 Å². The highest BCUT2D eigenvalue weighted by atomic mass is 16.7. The summed E-state index contributed by atoms with van der Waals surface area (Å²) in [5.74, 6) is 0.727. The Morgan fingerprint density at radius 3 is 1.68 bits per heavy atom. The van der Waals surface area contributed by atoms with Gasteiger partial charge in [-0.2, -0.15) is 0 Å². The van der Waals surface area contributed by atoms with Crippen LogP contribution in [0.25, 0.3) is 0 Å². The molecule has 0 heterocycles. The molecule has 0 fully saturated rings. The van der Waals surface area contributed by atoms with Crippen LogP contribution in [0.3, 0.4) is 0 Å². The van der Waals surface area contributed by atoms with Gasteiger partial charge in [-0.1, -0.05) is 60.3 Å². The van der Waals surface area contributed by atoms with Crippen LogP contribution in [0.4, 0.5) is 0 Å². The molecule has 0 bridgehead atoms. The molecule has 0 unspecified atom stereocenters. The number of hydrogen-bond acceptors (Lipinski definition) is 2. The van der Waals surface area contributed by atoms with E-state index in [0.717, 1.165) is 19.6 Å². The van der Waals surface area contributed by atoms with Crippen molar-refractivity contribution in [2.75, 3.05) is 13.2 Å². The monoisotopic (exact) mass is 272 g/mol. The summed E-state index contributed by atoms with van der Waals surface area (Å²) in [6.07, 6.45) is 7.48. The second-order valence-electron chi connectivity index (χ2n) is 6.71. The smallest absolute Gasteiger partial charge is 0.165 e. The molecule has 116 valence electrons. The van der Waals surface area contributed by atoms with Crippen LogP contribution in [0.1, 0.15) is 80.1 Å². The molecular formula is C17H36O2. The highest BCUT2D eigenvalue weighted by Crippen LogP contribution is 2.23. The molecule has 0 atom stereocenters. The maximum Gasteiger partial charge on any atom is 0.165 e. The Kier molecular flexibility index (Phi) is 10.6. The predicted octanol–water partition coefficient (Wildman–Crippen LogP) is 5.41. The summed E-state index contributed by atoms with van der Waals surface area (Å²) >= 11 is 0. The van der Waals surface area contributed by atoms with Crippen molar-refractivity contribution in [3.63, 3.8) is 0 Å². The Hall–Kier alpha value is -0.0800. The zero-order valence-corrected chi connectivity index (χ0v) is 14.1. The molecule has 0 N–H and O–H groups in total. The molecule has 0 amide bonds. The fraction of sp³-hybridized carbons (Fsp3) is 1.00. The third-order valence-corrected chi connectivity index (χ3v) is 3.18. The van der Waals surface area contributed by atoms with E-state index in [0.29, 0.717) is 11.8 Å². The van der Waals surface area contributed by atoms with Crippen LogP contribution in [0.15, 0.2) is 0 Å². The topological polar surface area (TPSA) is 18.5 Å². The van der Waals surface area contributed by atoms with E-state index in [4.69, 9.17) is 9.47 Å². The molecule has 0 rings (SSSR count). The van der Waals surface area contributed by atoms with Gasteiger partial charge < -0.3 is 9.47 Å². The average molecular weight is 272 g/mol. The molecule has 0 aliphatic carbocycles. The third-order valence-electron chi connectivity index (χ3n) is 3.18. The maximum absolute atomic E-state index is 6.03. The Morgan fingerprint density at radius 2 is 1.26 bits per heavy atom. The summed E-state index contributed by atoms with van der Waals surface area (Å²) < 4.78 is 12.1. The van der Waals surface area contributed by atoms with Crippen molar-refractivity contribution < 1.29 is 9.47 Å². The van der Waals surface area contributed by atoms with Gasteiger partial charge in [-0.3, -0.25) is 0 Å². The average Bonchev–Trinajstić information content (AvgIpc) is 2.34. The lowest BCUT2D eigenvalue weighted by Gasteiger charge is -2.32. The minimum absolute atomic E-state index is 0.388. The van der Waals surface area contributed by atoms with Crippen LogP contribution < -0.4 is 0 Å². The normalized spacial score (nSPS) is 12.6. The van der Waals surface area contributed by atoms with E-state index in [9.17, 15) is 0 Å². The SMILES string of the molecule is CCCCCCCC(C)(OCC(C)C)OCC(C)C. The molecule has 2 nitrogen and oxygen atoms in total. The minimum Gasteiger partial charge on any atom is -0.350 e. The first-order chi connectivity index (χ1) is 8.89. The van der Waals surface area contributed by atoms with Gasteiger partial charge in [0.15, 0.2) is 5.79 Å². The van der Waals surface area contributed by atoms with Crippen molar-refractivity contribution >= 4 is 0 Å². The first-order valence-corrected chi connectivity index (χ1v) is 8.17. The Morgan fingerprint density at radius 1 is 0.789 bits per heavy atom. The zero-order chi connectivity index (χ0) is 14.7. The van der Waals surface area contributed by atoms with Gasteiger partial charge >= 0.3 is 0 Å². The van der Waals surface area contributed by atoms with E-state index in [1.807, 2.05) is 0 Å². The van der Waals surface area contributed by atoms with Gasteiger partial charge in [-0.25, -0.2) is 0 Å². The fourth-order valence-corrected chi connectivity index (χ4v) is 1.92. The van der Waals surface area contributed by atoms with E-state index in [1.54, 1.807) is 0 Å². The summed E-state index contributed by atoms with van der Waals surface area (Å²) in [7, 11) is 0. The molecule has 0 aromatic rings. The second kappa shape index (κ2) is 10.7. The van der Waals surface area contributed by atoms with Crippen LogP contribution in [0.5, 0.6) is 0 Å².